The summed E-state index contributed by atoms with van der Waals surface area (Å²) >= 11 is 0. The van der Waals surface area contributed by atoms with Gasteiger partial charge in [-0.15, -0.1) is 24.0 Å². The molecule has 2 aromatic rings. The fourth-order valence-electron chi connectivity index (χ4n) is 2.85. The van der Waals surface area contributed by atoms with Gasteiger partial charge in [0.25, 0.3) is 0 Å². The van der Waals surface area contributed by atoms with Gasteiger partial charge in [0, 0.05) is 37.9 Å². The van der Waals surface area contributed by atoms with Gasteiger partial charge in [-0.2, -0.15) is 0 Å². The average Bonchev–Trinajstić information content (AvgIpc) is 3.41. The second-order valence-corrected chi connectivity index (χ2v) is 6.11. The van der Waals surface area contributed by atoms with Crippen LogP contribution in [0.5, 0.6) is 0 Å². The van der Waals surface area contributed by atoms with Crippen LogP contribution in [-0.4, -0.2) is 31.1 Å². The summed E-state index contributed by atoms with van der Waals surface area (Å²) in [5.41, 5.74) is 2.96. The molecule has 0 amide bonds. The number of benzene rings is 1. The lowest BCUT2D eigenvalue weighted by molar-refractivity contribution is 0.645. The molecular formula is C19H25IN4. The Bertz CT molecular complexity index is 639. The second kappa shape index (κ2) is 9.01. The Hall–Kier alpha value is -1.63. The van der Waals surface area contributed by atoms with Gasteiger partial charge in [0.2, 0.25) is 0 Å². The van der Waals surface area contributed by atoms with Crippen LogP contribution >= 0.6 is 24.0 Å². The zero-order valence-electron chi connectivity index (χ0n) is 14.0. The van der Waals surface area contributed by atoms with Crippen LogP contribution in [0, 0.1) is 0 Å². The van der Waals surface area contributed by atoms with Gasteiger partial charge < -0.3 is 10.6 Å². The van der Waals surface area contributed by atoms with E-state index in [-0.39, 0.29) is 24.0 Å². The van der Waals surface area contributed by atoms with Gasteiger partial charge in [0.05, 0.1) is 0 Å². The van der Waals surface area contributed by atoms with Crippen molar-refractivity contribution in [2.75, 3.05) is 20.1 Å². The molecule has 0 atom stereocenters. The summed E-state index contributed by atoms with van der Waals surface area (Å²) in [5.74, 6) is 0.871. The predicted molar refractivity (Wildman–Crippen MR) is 110 cm³/mol. The highest BCUT2D eigenvalue weighted by molar-refractivity contribution is 14.0. The van der Waals surface area contributed by atoms with Gasteiger partial charge >= 0.3 is 0 Å². The van der Waals surface area contributed by atoms with Crippen LogP contribution in [0.4, 0.5) is 0 Å². The van der Waals surface area contributed by atoms with E-state index in [4.69, 9.17) is 0 Å². The molecule has 24 heavy (non-hydrogen) atoms. The molecular weight excluding hydrogens is 411 g/mol. The average molecular weight is 436 g/mol. The quantitative estimate of drug-likeness (QED) is 0.416. The van der Waals surface area contributed by atoms with E-state index in [0.717, 1.165) is 25.5 Å². The molecule has 2 N–H and O–H groups in total. The highest BCUT2D eigenvalue weighted by Crippen LogP contribution is 2.47. The van der Waals surface area contributed by atoms with Crippen molar-refractivity contribution >= 4 is 29.9 Å². The smallest absolute Gasteiger partial charge is 0.191 e. The minimum Gasteiger partial charge on any atom is -0.356 e. The lowest BCUT2D eigenvalue weighted by Gasteiger charge is -2.19. The Morgan fingerprint density at radius 2 is 1.92 bits per heavy atom. The summed E-state index contributed by atoms with van der Waals surface area (Å²) in [5, 5.41) is 6.86. The molecule has 0 bridgehead atoms. The Morgan fingerprint density at radius 1 is 1.12 bits per heavy atom. The van der Waals surface area contributed by atoms with Crippen molar-refractivity contribution in [1.29, 1.82) is 0 Å². The number of halogens is 1. The molecule has 128 valence electrons. The van der Waals surface area contributed by atoms with Crippen molar-refractivity contribution in [1.82, 2.24) is 15.6 Å². The van der Waals surface area contributed by atoms with Gasteiger partial charge in [-0.05, 0) is 36.5 Å². The molecule has 1 aromatic heterocycles. The van der Waals surface area contributed by atoms with Crippen LogP contribution in [0.2, 0.25) is 0 Å². The molecule has 5 heteroatoms. The van der Waals surface area contributed by atoms with Crippen LogP contribution in [0.25, 0.3) is 0 Å². The number of hydrogen-bond acceptors (Lipinski definition) is 2. The number of rotatable bonds is 6. The first-order chi connectivity index (χ1) is 11.3. The number of guanidine groups is 1. The predicted octanol–water partition coefficient (Wildman–Crippen LogP) is 3.14. The SMILES string of the molecule is CN=C(NCCc1cccnc1)NCC1(c2ccccc2)CC1.I. The minimum absolute atomic E-state index is 0. The number of nitrogens with zero attached hydrogens (tertiary/aromatic N) is 2. The number of aliphatic imine (C=N–C) groups is 1. The number of pyridine rings is 1. The highest BCUT2D eigenvalue weighted by Gasteiger charge is 2.43. The van der Waals surface area contributed by atoms with Crippen LogP contribution < -0.4 is 10.6 Å². The summed E-state index contributed by atoms with van der Waals surface area (Å²) < 4.78 is 0. The molecule has 1 fully saturated rings. The van der Waals surface area contributed by atoms with Gasteiger partial charge in [0.15, 0.2) is 5.96 Å². The zero-order valence-corrected chi connectivity index (χ0v) is 16.4. The van der Waals surface area contributed by atoms with E-state index in [9.17, 15) is 0 Å². The van der Waals surface area contributed by atoms with Crippen LogP contribution in [0.15, 0.2) is 59.9 Å². The Morgan fingerprint density at radius 3 is 2.54 bits per heavy atom. The largest absolute Gasteiger partial charge is 0.356 e. The topological polar surface area (TPSA) is 49.3 Å². The lowest BCUT2D eigenvalue weighted by atomic mass is 9.96. The van der Waals surface area contributed by atoms with Crippen molar-refractivity contribution in [3.05, 3.63) is 66.0 Å². The van der Waals surface area contributed by atoms with Crippen LogP contribution in [0.1, 0.15) is 24.0 Å². The summed E-state index contributed by atoms with van der Waals surface area (Å²) in [6.07, 6.45) is 7.15. The van der Waals surface area contributed by atoms with Gasteiger partial charge in [-0.3, -0.25) is 9.98 Å². The molecule has 0 aliphatic heterocycles. The third-order valence-corrected chi connectivity index (χ3v) is 4.49. The van der Waals surface area contributed by atoms with E-state index in [0.29, 0.717) is 5.41 Å². The molecule has 0 radical (unpaired) electrons. The zero-order chi connectivity index (χ0) is 16.0. The number of hydrogen-bond donors (Lipinski definition) is 2. The van der Waals surface area contributed by atoms with E-state index >= 15 is 0 Å². The first kappa shape index (κ1) is 18.7. The molecule has 0 saturated heterocycles. The molecule has 1 saturated carbocycles. The van der Waals surface area contributed by atoms with Crippen molar-refractivity contribution in [3.63, 3.8) is 0 Å². The molecule has 3 rings (SSSR count). The Balaban J connectivity index is 0.00000208. The molecule has 1 aliphatic carbocycles. The maximum absolute atomic E-state index is 4.32. The van der Waals surface area contributed by atoms with Crippen LogP contribution in [0.3, 0.4) is 0 Å². The van der Waals surface area contributed by atoms with Crippen LogP contribution in [-0.2, 0) is 11.8 Å². The van der Waals surface area contributed by atoms with Crippen molar-refractivity contribution in [2.45, 2.75) is 24.7 Å². The lowest BCUT2D eigenvalue weighted by Crippen LogP contribution is -2.41. The molecule has 1 aromatic carbocycles. The summed E-state index contributed by atoms with van der Waals surface area (Å²) in [6.45, 7) is 1.79. The third-order valence-electron chi connectivity index (χ3n) is 4.49. The molecule has 1 aliphatic rings. The fraction of sp³-hybridized carbons (Fsp3) is 0.368. The normalized spacial score (nSPS) is 15.3. The fourth-order valence-corrected chi connectivity index (χ4v) is 2.85. The first-order valence-corrected chi connectivity index (χ1v) is 8.21. The van der Waals surface area contributed by atoms with E-state index in [2.05, 4.69) is 57.0 Å². The molecule has 0 unspecified atom stereocenters. The standard InChI is InChI=1S/C19H24N4.HI/c1-20-18(22-13-9-16-6-5-12-21-14-16)23-15-19(10-11-19)17-7-3-2-4-8-17;/h2-8,12,14H,9-11,13,15H2,1H3,(H2,20,22,23);1H. The summed E-state index contributed by atoms with van der Waals surface area (Å²) in [6, 6.07) is 14.8. The Labute approximate surface area is 161 Å². The van der Waals surface area contributed by atoms with Gasteiger partial charge in [-0.25, -0.2) is 0 Å². The number of nitrogens with one attached hydrogen (secondary N) is 2. The van der Waals surface area contributed by atoms with E-state index < -0.39 is 0 Å². The van der Waals surface area contributed by atoms with Gasteiger partial charge in [-0.1, -0.05) is 36.4 Å². The van der Waals surface area contributed by atoms with E-state index in [1.807, 2.05) is 19.3 Å². The van der Waals surface area contributed by atoms with E-state index in [1.54, 1.807) is 6.20 Å². The monoisotopic (exact) mass is 436 g/mol. The highest BCUT2D eigenvalue weighted by atomic mass is 127. The van der Waals surface area contributed by atoms with Crippen molar-refractivity contribution in [3.8, 4) is 0 Å². The summed E-state index contributed by atoms with van der Waals surface area (Å²) in [7, 11) is 1.82. The minimum atomic E-state index is 0. The van der Waals surface area contributed by atoms with Crippen molar-refractivity contribution < 1.29 is 0 Å². The maximum Gasteiger partial charge on any atom is 0.191 e. The third kappa shape index (κ3) is 4.93. The van der Waals surface area contributed by atoms with Gasteiger partial charge in [0.1, 0.15) is 0 Å². The maximum atomic E-state index is 4.32. The van der Waals surface area contributed by atoms with Crippen molar-refractivity contribution in [2.24, 2.45) is 4.99 Å². The first-order valence-electron chi connectivity index (χ1n) is 8.21. The van der Waals surface area contributed by atoms with E-state index in [1.165, 1.54) is 24.0 Å². The molecule has 1 heterocycles. The molecule has 0 spiro atoms. The molecule has 4 nitrogen and oxygen atoms in total. The Kier molecular flexibility index (Phi) is 7.02. The second-order valence-electron chi connectivity index (χ2n) is 6.11. The number of aromatic nitrogens is 1. The summed E-state index contributed by atoms with van der Waals surface area (Å²) in [4.78, 5) is 8.46.